The molecule has 1 aliphatic heterocycles. The fourth-order valence-corrected chi connectivity index (χ4v) is 2.80. The number of ether oxygens (including phenoxy) is 2. The summed E-state index contributed by atoms with van der Waals surface area (Å²) in [6.45, 7) is 3.56. The Morgan fingerprint density at radius 2 is 2.00 bits per heavy atom. The number of nitrogens with one attached hydrogen (secondary N) is 1. The zero-order valence-electron chi connectivity index (χ0n) is 14.4. The van der Waals surface area contributed by atoms with Gasteiger partial charge in [0.25, 0.3) is 5.91 Å². The van der Waals surface area contributed by atoms with Crippen LogP contribution in [0, 0.1) is 6.92 Å². The Bertz CT molecular complexity index is 819. The van der Waals surface area contributed by atoms with Gasteiger partial charge in [0, 0.05) is 6.92 Å². The lowest BCUT2D eigenvalue weighted by molar-refractivity contribution is -0.123. The second kappa shape index (κ2) is 6.84. The fraction of sp³-hybridized carbons (Fsp3) is 0.263. The van der Waals surface area contributed by atoms with E-state index in [1.165, 1.54) is 6.92 Å². The Hall–Kier alpha value is -3.02. The van der Waals surface area contributed by atoms with E-state index in [0.29, 0.717) is 22.9 Å². The number of anilines is 2. The second-order valence-electron chi connectivity index (χ2n) is 5.90. The molecule has 0 radical (unpaired) electrons. The summed E-state index contributed by atoms with van der Waals surface area (Å²) in [4.78, 5) is 26.2. The predicted octanol–water partition coefficient (Wildman–Crippen LogP) is 2.76. The van der Waals surface area contributed by atoms with E-state index in [1.54, 1.807) is 36.3 Å². The van der Waals surface area contributed by atoms with Crippen LogP contribution in [-0.4, -0.2) is 31.6 Å². The molecule has 0 aliphatic carbocycles. The highest BCUT2D eigenvalue weighted by Crippen LogP contribution is 2.34. The number of hydrogen-bond donors (Lipinski definition) is 1. The van der Waals surface area contributed by atoms with Gasteiger partial charge in [-0.25, -0.2) is 0 Å². The minimum absolute atomic E-state index is 0.137. The molecule has 1 aliphatic rings. The summed E-state index contributed by atoms with van der Waals surface area (Å²) in [6, 6.07) is 12.7. The number of benzene rings is 2. The van der Waals surface area contributed by atoms with Crippen LogP contribution in [0.15, 0.2) is 42.5 Å². The molecule has 2 aromatic carbocycles. The van der Waals surface area contributed by atoms with E-state index in [4.69, 9.17) is 9.47 Å². The van der Waals surface area contributed by atoms with E-state index >= 15 is 0 Å². The molecule has 0 fully saturated rings. The van der Waals surface area contributed by atoms with Crippen LogP contribution in [0.25, 0.3) is 0 Å². The van der Waals surface area contributed by atoms with Crippen molar-refractivity contribution in [3.63, 3.8) is 0 Å². The first-order chi connectivity index (χ1) is 12.0. The van der Waals surface area contributed by atoms with E-state index in [9.17, 15) is 9.59 Å². The Morgan fingerprint density at radius 3 is 2.72 bits per heavy atom. The maximum absolute atomic E-state index is 12.7. The summed E-state index contributed by atoms with van der Waals surface area (Å²) < 4.78 is 11.1. The number of carbonyl (C=O) groups excluding carboxylic acids is 2. The van der Waals surface area contributed by atoms with Crippen molar-refractivity contribution in [2.24, 2.45) is 0 Å². The van der Waals surface area contributed by atoms with Gasteiger partial charge in [-0.1, -0.05) is 18.2 Å². The standard InChI is InChI=1S/C19H20N2O4/c1-12-8-9-16(24-3)14(10-12)20-19(23)18-11-21(13(2)22)15-6-4-5-7-17(15)25-18/h4-10,18H,11H2,1-3H3,(H,20,23). The highest BCUT2D eigenvalue weighted by Gasteiger charge is 2.32. The van der Waals surface area contributed by atoms with Crippen LogP contribution in [0.1, 0.15) is 12.5 Å². The van der Waals surface area contributed by atoms with Gasteiger partial charge in [0.1, 0.15) is 11.5 Å². The van der Waals surface area contributed by atoms with Crippen LogP contribution in [0.5, 0.6) is 11.5 Å². The van der Waals surface area contributed by atoms with E-state index < -0.39 is 6.10 Å². The summed E-state index contributed by atoms with van der Waals surface area (Å²) in [6.07, 6.45) is -0.802. The first kappa shape index (κ1) is 16.8. The highest BCUT2D eigenvalue weighted by atomic mass is 16.5. The minimum atomic E-state index is -0.802. The maximum Gasteiger partial charge on any atom is 0.267 e. The largest absolute Gasteiger partial charge is 0.495 e. The van der Waals surface area contributed by atoms with Crippen LogP contribution in [0.4, 0.5) is 11.4 Å². The highest BCUT2D eigenvalue weighted by molar-refractivity contribution is 6.00. The van der Waals surface area contributed by atoms with Crippen molar-refractivity contribution in [2.75, 3.05) is 23.9 Å². The zero-order valence-corrected chi connectivity index (χ0v) is 14.4. The van der Waals surface area contributed by atoms with Gasteiger partial charge >= 0.3 is 0 Å². The number of fused-ring (bicyclic) bond motifs is 1. The molecule has 130 valence electrons. The average molecular weight is 340 g/mol. The van der Waals surface area contributed by atoms with E-state index in [0.717, 1.165) is 5.56 Å². The normalized spacial score (nSPS) is 15.8. The van der Waals surface area contributed by atoms with Crippen molar-refractivity contribution >= 4 is 23.2 Å². The summed E-state index contributed by atoms with van der Waals surface area (Å²) in [5.41, 5.74) is 2.24. The van der Waals surface area contributed by atoms with Crippen LogP contribution in [0.2, 0.25) is 0 Å². The van der Waals surface area contributed by atoms with Crippen molar-refractivity contribution in [1.82, 2.24) is 0 Å². The van der Waals surface area contributed by atoms with Crippen LogP contribution in [-0.2, 0) is 9.59 Å². The number of aryl methyl sites for hydroxylation is 1. The molecule has 1 N–H and O–H groups in total. The maximum atomic E-state index is 12.7. The molecular formula is C19H20N2O4. The molecule has 2 aromatic rings. The van der Waals surface area contributed by atoms with Crippen molar-refractivity contribution in [1.29, 1.82) is 0 Å². The second-order valence-corrected chi connectivity index (χ2v) is 5.90. The van der Waals surface area contributed by atoms with Crippen LogP contribution >= 0.6 is 0 Å². The van der Waals surface area contributed by atoms with Crippen LogP contribution in [0.3, 0.4) is 0 Å². The number of para-hydroxylation sites is 2. The first-order valence-electron chi connectivity index (χ1n) is 7.99. The molecule has 2 amide bonds. The van der Waals surface area contributed by atoms with Gasteiger partial charge in [0.05, 0.1) is 25.0 Å². The number of nitrogens with zero attached hydrogens (tertiary/aromatic N) is 1. The van der Waals surface area contributed by atoms with Gasteiger partial charge in [-0.2, -0.15) is 0 Å². The monoisotopic (exact) mass is 340 g/mol. The van der Waals surface area contributed by atoms with E-state index in [1.807, 2.05) is 25.1 Å². The Labute approximate surface area is 146 Å². The van der Waals surface area contributed by atoms with Crippen molar-refractivity contribution in [2.45, 2.75) is 20.0 Å². The van der Waals surface area contributed by atoms with Gasteiger partial charge in [-0.05, 0) is 36.8 Å². The third-order valence-electron chi connectivity index (χ3n) is 4.06. The third-order valence-corrected chi connectivity index (χ3v) is 4.06. The van der Waals surface area contributed by atoms with Crippen LogP contribution < -0.4 is 19.7 Å². The van der Waals surface area contributed by atoms with Crippen molar-refractivity contribution < 1.29 is 19.1 Å². The molecule has 0 bridgehead atoms. The number of amides is 2. The molecular weight excluding hydrogens is 320 g/mol. The Morgan fingerprint density at radius 1 is 1.24 bits per heavy atom. The van der Waals surface area contributed by atoms with Crippen molar-refractivity contribution in [3.05, 3.63) is 48.0 Å². The zero-order chi connectivity index (χ0) is 18.0. The summed E-state index contributed by atoms with van der Waals surface area (Å²) in [5.74, 6) is 0.616. The topological polar surface area (TPSA) is 67.9 Å². The number of rotatable bonds is 3. The number of methoxy groups -OCH3 is 1. The molecule has 1 heterocycles. The molecule has 3 rings (SSSR count). The summed E-state index contributed by atoms with van der Waals surface area (Å²) in [5, 5.41) is 2.84. The quantitative estimate of drug-likeness (QED) is 0.933. The fourth-order valence-electron chi connectivity index (χ4n) is 2.80. The lowest BCUT2D eigenvalue weighted by Gasteiger charge is -2.33. The van der Waals surface area contributed by atoms with Crippen molar-refractivity contribution in [3.8, 4) is 11.5 Å². The average Bonchev–Trinajstić information content (AvgIpc) is 2.60. The first-order valence-corrected chi connectivity index (χ1v) is 7.99. The SMILES string of the molecule is COc1ccc(C)cc1NC(=O)C1CN(C(C)=O)c2ccccc2O1. The molecule has 0 spiro atoms. The summed E-state index contributed by atoms with van der Waals surface area (Å²) in [7, 11) is 1.55. The molecule has 1 atom stereocenters. The molecule has 6 nitrogen and oxygen atoms in total. The molecule has 0 saturated carbocycles. The third kappa shape index (κ3) is 3.42. The molecule has 6 heteroatoms. The Kier molecular flexibility index (Phi) is 4.61. The van der Waals surface area contributed by atoms with Gasteiger partial charge in [0.2, 0.25) is 5.91 Å². The lowest BCUT2D eigenvalue weighted by atomic mass is 10.1. The Balaban J connectivity index is 1.84. The van der Waals surface area contributed by atoms with Gasteiger partial charge < -0.3 is 19.7 Å². The van der Waals surface area contributed by atoms with E-state index in [2.05, 4.69) is 5.32 Å². The molecule has 25 heavy (non-hydrogen) atoms. The van der Waals surface area contributed by atoms with Gasteiger partial charge in [0.15, 0.2) is 6.10 Å². The lowest BCUT2D eigenvalue weighted by Crippen LogP contribution is -2.48. The van der Waals surface area contributed by atoms with E-state index in [-0.39, 0.29) is 18.4 Å². The summed E-state index contributed by atoms with van der Waals surface area (Å²) >= 11 is 0. The predicted molar refractivity (Wildman–Crippen MR) is 95.2 cm³/mol. The number of carbonyl (C=O) groups is 2. The number of hydrogen-bond acceptors (Lipinski definition) is 4. The molecule has 0 aromatic heterocycles. The molecule has 0 saturated heterocycles. The molecule has 1 unspecified atom stereocenters. The smallest absolute Gasteiger partial charge is 0.267 e. The minimum Gasteiger partial charge on any atom is -0.495 e. The van der Waals surface area contributed by atoms with Gasteiger partial charge in [-0.3, -0.25) is 9.59 Å². The van der Waals surface area contributed by atoms with Gasteiger partial charge in [-0.15, -0.1) is 0 Å².